The summed E-state index contributed by atoms with van der Waals surface area (Å²) < 4.78 is 5.29. The number of ether oxygens (including phenoxy) is 1. The molecule has 0 radical (unpaired) electrons. The summed E-state index contributed by atoms with van der Waals surface area (Å²) in [5.74, 6) is -3.15. The van der Waals surface area contributed by atoms with Crippen LogP contribution in [0.25, 0.3) is 0 Å². The first-order valence-corrected chi connectivity index (χ1v) is 18.3. The van der Waals surface area contributed by atoms with E-state index in [-0.39, 0.29) is 37.3 Å². The van der Waals surface area contributed by atoms with Gasteiger partial charge in [-0.1, -0.05) is 86.1 Å². The van der Waals surface area contributed by atoms with Crippen LogP contribution >= 0.6 is 0 Å². The lowest BCUT2D eigenvalue weighted by Crippen LogP contribution is -2.62. The number of hydrogen-bond donors (Lipinski definition) is 4. The molecule has 0 aromatic carbocycles. The molecule has 5 amide bonds. The number of ketones is 1. The Morgan fingerprint density at radius 2 is 1.59 bits per heavy atom. The van der Waals surface area contributed by atoms with Crippen molar-refractivity contribution < 1.29 is 33.5 Å². The molecule has 0 aromatic rings. The maximum Gasteiger partial charge on any atom is 0.325 e. The molecule has 2 rings (SSSR count). The van der Waals surface area contributed by atoms with Crippen LogP contribution in [0.2, 0.25) is 0 Å². The first kappa shape index (κ1) is 43.6. The largest absolute Gasteiger partial charge is 0.459 e. The number of unbranched alkanes of at least 4 members (excludes halogenated alkanes) is 1. The van der Waals surface area contributed by atoms with Crippen molar-refractivity contribution in [3.05, 3.63) is 12.7 Å². The van der Waals surface area contributed by atoms with Crippen LogP contribution in [0.4, 0.5) is 4.79 Å². The van der Waals surface area contributed by atoms with E-state index < -0.39 is 58.7 Å². The third kappa shape index (κ3) is 14.1. The van der Waals surface area contributed by atoms with E-state index in [0.717, 1.165) is 25.7 Å². The van der Waals surface area contributed by atoms with Crippen LogP contribution in [0.5, 0.6) is 0 Å². The summed E-state index contributed by atoms with van der Waals surface area (Å²) in [7, 11) is 0. The summed E-state index contributed by atoms with van der Waals surface area (Å²) in [5, 5.41) is 10.7. The molecule has 4 N–H and O–H groups in total. The summed E-state index contributed by atoms with van der Waals surface area (Å²) in [4.78, 5) is 81.0. The van der Waals surface area contributed by atoms with Gasteiger partial charge in [-0.15, -0.1) is 6.58 Å². The molecule has 49 heavy (non-hydrogen) atoms. The van der Waals surface area contributed by atoms with Gasteiger partial charge in [0.2, 0.25) is 17.6 Å². The number of nitrogens with zero attached hydrogens (tertiary/aromatic N) is 1. The van der Waals surface area contributed by atoms with E-state index in [1.807, 2.05) is 27.7 Å². The van der Waals surface area contributed by atoms with Crippen LogP contribution in [0, 0.1) is 17.3 Å². The zero-order valence-electron chi connectivity index (χ0n) is 31.7. The second-order valence-electron chi connectivity index (χ2n) is 15.0. The second kappa shape index (κ2) is 20.9. The van der Waals surface area contributed by atoms with Gasteiger partial charge in [-0.2, -0.15) is 0 Å². The van der Waals surface area contributed by atoms with Crippen molar-refractivity contribution in [2.75, 3.05) is 19.6 Å². The van der Waals surface area contributed by atoms with Crippen molar-refractivity contribution in [2.24, 2.45) is 17.3 Å². The zero-order valence-corrected chi connectivity index (χ0v) is 31.7. The first-order chi connectivity index (χ1) is 23.0. The Morgan fingerprint density at radius 3 is 2.12 bits per heavy atom. The molecule has 4 atom stereocenters. The highest BCUT2D eigenvalue weighted by Crippen LogP contribution is 2.41. The number of Topliss-reactive ketones (excluding diaryl/α,β-unsaturated/α-hetero) is 1. The normalized spacial score (nSPS) is 19.8. The number of carbonyl (C=O) groups is 6. The smallest absolute Gasteiger partial charge is 0.325 e. The van der Waals surface area contributed by atoms with Crippen molar-refractivity contribution in [2.45, 2.75) is 150 Å². The van der Waals surface area contributed by atoms with E-state index in [0.29, 0.717) is 32.2 Å². The molecule has 2 aliphatic rings. The Hall–Kier alpha value is -3.44. The number of esters is 1. The quantitative estimate of drug-likeness (QED) is 0.109. The van der Waals surface area contributed by atoms with Crippen LogP contribution < -0.4 is 21.3 Å². The van der Waals surface area contributed by atoms with E-state index in [1.165, 1.54) is 17.4 Å². The maximum atomic E-state index is 14.5. The van der Waals surface area contributed by atoms with Gasteiger partial charge in [-0.25, -0.2) is 4.79 Å². The van der Waals surface area contributed by atoms with Gasteiger partial charge in [-0.3, -0.25) is 24.0 Å². The molecule has 1 saturated carbocycles. The van der Waals surface area contributed by atoms with Gasteiger partial charge in [-0.05, 0) is 63.7 Å². The number of amides is 5. The molecule has 0 bridgehead atoms. The molecular formula is C37H65N5O7. The molecule has 12 heteroatoms. The molecule has 0 aromatic heterocycles. The topological polar surface area (TPSA) is 163 Å². The van der Waals surface area contributed by atoms with Gasteiger partial charge in [0.25, 0.3) is 5.91 Å². The third-order valence-corrected chi connectivity index (χ3v) is 8.99. The molecule has 1 aliphatic carbocycles. The standard InChI is InChI=1S/C34H57N5O7.C3H8/c1-9-11-15-24(27(41)30(43)35-19-10-2)37-29(42)26-23(22(3)4)16-20-39(26)31(44)28(34(8)17-13-12-14-18-34)38-32(45)36-21-25(40)46-33(5,6)7;1-3-2/h10,22-24,26,28H,2,9,11-21H2,1,3-8H3,(H,35,43)(H,37,42)(H2,36,38,45);3H2,1-2H3/t23?,24?,26-,28?;/m0./s1. The predicted molar refractivity (Wildman–Crippen MR) is 191 cm³/mol. The zero-order chi connectivity index (χ0) is 37.4. The highest BCUT2D eigenvalue weighted by atomic mass is 16.6. The minimum atomic E-state index is -1.04. The molecule has 1 aliphatic heterocycles. The van der Waals surface area contributed by atoms with Crippen LogP contribution in [0.3, 0.4) is 0 Å². The summed E-state index contributed by atoms with van der Waals surface area (Å²) in [6.07, 6.45) is 9.20. The van der Waals surface area contributed by atoms with Gasteiger partial charge in [0.1, 0.15) is 24.2 Å². The highest BCUT2D eigenvalue weighted by Gasteiger charge is 2.49. The van der Waals surface area contributed by atoms with E-state index in [1.54, 1.807) is 20.8 Å². The van der Waals surface area contributed by atoms with Gasteiger partial charge in [0, 0.05) is 13.1 Å². The Morgan fingerprint density at radius 1 is 0.980 bits per heavy atom. The third-order valence-electron chi connectivity index (χ3n) is 8.99. The molecule has 3 unspecified atom stereocenters. The van der Waals surface area contributed by atoms with E-state index >= 15 is 0 Å². The average molecular weight is 692 g/mol. The number of likely N-dealkylation sites (tertiary alicyclic amines) is 1. The average Bonchev–Trinajstić information content (AvgIpc) is 3.48. The minimum absolute atomic E-state index is 0.0445. The van der Waals surface area contributed by atoms with Crippen molar-refractivity contribution in [3.63, 3.8) is 0 Å². The van der Waals surface area contributed by atoms with Crippen molar-refractivity contribution >= 4 is 35.5 Å². The minimum Gasteiger partial charge on any atom is -0.459 e. The number of rotatable bonds is 15. The Bertz CT molecular complexity index is 1130. The lowest BCUT2D eigenvalue weighted by Gasteiger charge is -2.42. The number of urea groups is 1. The Labute approximate surface area is 294 Å². The van der Waals surface area contributed by atoms with E-state index in [9.17, 15) is 28.8 Å². The lowest BCUT2D eigenvalue weighted by atomic mass is 9.70. The Balaban J connectivity index is 0.00000385. The SMILES string of the molecule is C=CCNC(=O)C(=O)C(CCCC)NC(=O)[C@@H]1C(C(C)C)CCN1C(=O)C(NC(=O)NCC(=O)OC(C)(C)C)C1(C)CCCCC1.CCC. The van der Waals surface area contributed by atoms with Crippen LogP contribution in [0.1, 0.15) is 127 Å². The number of carbonyl (C=O) groups excluding carboxylic acids is 6. The monoisotopic (exact) mass is 691 g/mol. The van der Waals surface area contributed by atoms with Gasteiger partial charge >= 0.3 is 12.0 Å². The summed E-state index contributed by atoms with van der Waals surface area (Å²) >= 11 is 0. The number of hydrogen-bond acceptors (Lipinski definition) is 7. The predicted octanol–water partition coefficient (Wildman–Crippen LogP) is 4.80. The van der Waals surface area contributed by atoms with Crippen LogP contribution in [-0.2, 0) is 28.7 Å². The van der Waals surface area contributed by atoms with Crippen LogP contribution in [0.15, 0.2) is 12.7 Å². The fraction of sp³-hybridized carbons (Fsp3) is 0.784. The fourth-order valence-electron chi connectivity index (χ4n) is 6.50. The lowest BCUT2D eigenvalue weighted by molar-refractivity contribution is -0.153. The van der Waals surface area contributed by atoms with Gasteiger partial charge < -0.3 is 30.9 Å². The summed E-state index contributed by atoms with van der Waals surface area (Å²) in [6.45, 7) is 21.0. The Kier molecular flexibility index (Phi) is 18.6. The molecule has 12 nitrogen and oxygen atoms in total. The number of nitrogens with one attached hydrogen (secondary N) is 4. The highest BCUT2D eigenvalue weighted by molar-refractivity contribution is 6.38. The fourth-order valence-corrected chi connectivity index (χ4v) is 6.50. The van der Waals surface area contributed by atoms with Crippen molar-refractivity contribution in [1.82, 2.24) is 26.2 Å². The molecular weight excluding hydrogens is 626 g/mol. The first-order valence-electron chi connectivity index (χ1n) is 18.3. The summed E-state index contributed by atoms with van der Waals surface area (Å²) in [6, 6.07) is -3.55. The van der Waals surface area contributed by atoms with Gasteiger partial charge in [0.05, 0.1) is 6.04 Å². The molecule has 0 spiro atoms. The summed E-state index contributed by atoms with van der Waals surface area (Å²) in [5.41, 5.74) is -1.28. The van der Waals surface area contributed by atoms with Crippen molar-refractivity contribution in [1.29, 1.82) is 0 Å². The maximum absolute atomic E-state index is 14.5. The molecule has 280 valence electrons. The van der Waals surface area contributed by atoms with Crippen molar-refractivity contribution in [3.8, 4) is 0 Å². The van der Waals surface area contributed by atoms with E-state index in [4.69, 9.17) is 4.74 Å². The molecule has 1 saturated heterocycles. The second-order valence-corrected chi connectivity index (χ2v) is 15.0. The van der Waals surface area contributed by atoms with Crippen LogP contribution in [-0.4, -0.2) is 83.8 Å². The van der Waals surface area contributed by atoms with Gasteiger partial charge in [0.15, 0.2) is 0 Å². The molecule has 1 heterocycles. The molecule has 2 fully saturated rings. The van der Waals surface area contributed by atoms with E-state index in [2.05, 4.69) is 41.7 Å².